The summed E-state index contributed by atoms with van der Waals surface area (Å²) < 4.78 is 6.57. The van der Waals surface area contributed by atoms with E-state index < -0.39 is 0 Å². The second-order valence-corrected chi connectivity index (χ2v) is 12.9. The monoisotopic (exact) mass is 420 g/mol. The molecule has 0 aromatic carbocycles. The number of alkyl halides is 1. The first kappa shape index (κ1) is 21.1. The van der Waals surface area contributed by atoms with E-state index in [9.17, 15) is 0 Å². The lowest BCUT2D eigenvalue weighted by atomic mass is 9.44. The standard InChI is InChI=1S/C27H45ClO/c1-4-5-6-7-8-9-10-19-11-12-22-21-17-24-27(29-24)18-20(28)13-16-26(27,3)23(21)14-15-25(19,22)2/h19-24H,4-18H2,1-3H3/t19-,20-,21-,22-,23-,24+,25+,26+,27+/m0/s1. The summed E-state index contributed by atoms with van der Waals surface area (Å²) in [5, 5.41) is 0.353. The summed E-state index contributed by atoms with van der Waals surface area (Å²) in [7, 11) is 0. The Hall–Kier alpha value is 0.250. The molecule has 5 fully saturated rings. The van der Waals surface area contributed by atoms with Gasteiger partial charge in [0, 0.05) is 10.8 Å². The molecule has 0 bridgehead atoms. The van der Waals surface area contributed by atoms with Crippen LogP contribution in [0, 0.1) is 34.5 Å². The van der Waals surface area contributed by atoms with Crippen molar-refractivity contribution in [2.24, 2.45) is 34.5 Å². The summed E-state index contributed by atoms with van der Waals surface area (Å²) in [6, 6.07) is 0. The zero-order chi connectivity index (χ0) is 20.3. The maximum atomic E-state index is 6.63. The normalized spacial score (nSPS) is 53.0. The van der Waals surface area contributed by atoms with Crippen LogP contribution in [0.3, 0.4) is 0 Å². The molecule has 1 saturated heterocycles. The van der Waals surface area contributed by atoms with Crippen LogP contribution in [-0.2, 0) is 4.74 Å². The smallest absolute Gasteiger partial charge is 0.102 e. The molecular weight excluding hydrogens is 376 g/mol. The van der Waals surface area contributed by atoms with Crippen molar-refractivity contribution in [1.29, 1.82) is 0 Å². The van der Waals surface area contributed by atoms with Crippen LogP contribution in [0.15, 0.2) is 0 Å². The molecule has 0 N–H and O–H groups in total. The molecule has 0 radical (unpaired) electrons. The molecule has 1 spiro atoms. The summed E-state index contributed by atoms with van der Waals surface area (Å²) in [4.78, 5) is 0. The fraction of sp³-hybridized carbons (Fsp3) is 1.00. The second kappa shape index (κ2) is 7.68. The van der Waals surface area contributed by atoms with Crippen molar-refractivity contribution in [2.45, 2.75) is 134 Å². The van der Waals surface area contributed by atoms with Crippen molar-refractivity contribution in [3.8, 4) is 0 Å². The van der Waals surface area contributed by atoms with Crippen LogP contribution in [0.2, 0.25) is 0 Å². The topological polar surface area (TPSA) is 12.5 Å². The molecule has 4 aliphatic carbocycles. The summed E-state index contributed by atoms with van der Waals surface area (Å²) in [6.45, 7) is 7.63. The molecule has 2 heteroatoms. The number of rotatable bonds is 7. The first-order valence-electron chi connectivity index (χ1n) is 13.3. The molecule has 0 amide bonds. The van der Waals surface area contributed by atoms with E-state index in [4.69, 9.17) is 16.3 Å². The molecule has 1 heterocycles. The minimum Gasteiger partial charge on any atom is -0.365 e. The highest BCUT2D eigenvalue weighted by molar-refractivity contribution is 6.20. The third kappa shape index (κ3) is 3.18. The van der Waals surface area contributed by atoms with Crippen molar-refractivity contribution in [3.05, 3.63) is 0 Å². The van der Waals surface area contributed by atoms with Crippen LogP contribution in [0.4, 0.5) is 0 Å². The van der Waals surface area contributed by atoms with Gasteiger partial charge in [-0.05, 0) is 86.9 Å². The van der Waals surface area contributed by atoms with Gasteiger partial charge in [0.2, 0.25) is 0 Å². The van der Waals surface area contributed by atoms with Gasteiger partial charge in [0.15, 0.2) is 0 Å². The average molecular weight is 421 g/mol. The molecule has 0 aromatic heterocycles. The maximum absolute atomic E-state index is 6.63. The molecule has 9 atom stereocenters. The van der Waals surface area contributed by atoms with Crippen LogP contribution in [0.25, 0.3) is 0 Å². The molecule has 1 aliphatic heterocycles. The molecule has 4 saturated carbocycles. The van der Waals surface area contributed by atoms with Gasteiger partial charge in [-0.2, -0.15) is 0 Å². The van der Waals surface area contributed by atoms with E-state index in [1.807, 2.05) is 0 Å². The number of fused-ring (bicyclic) bond motifs is 4. The lowest BCUT2D eigenvalue weighted by molar-refractivity contribution is -0.0960. The molecule has 5 rings (SSSR count). The Labute approximate surface area is 185 Å². The maximum Gasteiger partial charge on any atom is 0.102 e. The zero-order valence-corrected chi connectivity index (χ0v) is 20.1. The Morgan fingerprint density at radius 2 is 1.69 bits per heavy atom. The Morgan fingerprint density at radius 1 is 0.897 bits per heavy atom. The van der Waals surface area contributed by atoms with Crippen LogP contribution < -0.4 is 0 Å². The lowest BCUT2D eigenvalue weighted by Crippen LogP contribution is -2.58. The highest BCUT2D eigenvalue weighted by atomic mass is 35.5. The van der Waals surface area contributed by atoms with Crippen LogP contribution in [0.1, 0.15) is 117 Å². The Kier molecular flexibility index (Phi) is 5.59. The summed E-state index contributed by atoms with van der Waals surface area (Å²) >= 11 is 6.63. The number of hydrogen-bond acceptors (Lipinski definition) is 1. The van der Waals surface area contributed by atoms with Crippen LogP contribution in [-0.4, -0.2) is 17.1 Å². The molecule has 0 aromatic rings. The number of hydrogen-bond donors (Lipinski definition) is 0. The second-order valence-electron chi connectivity index (χ2n) is 12.2. The van der Waals surface area contributed by atoms with Gasteiger partial charge in [-0.3, -0.25) is 0 Å². The molecule has 5 aliphatic rings. The Balaban J connectivity index is 1.25. The minimum absolute atomic E-state index is 0.170. The van der Waals surface area contributed by atoms with Crippen LogP contribution >= 0.6 is 11.6 Å². The Morgan fingerprint density at radius 3 is 2.52 bits per heavy atom. The predicted octanol–water partition coefficient (Wildman–Crippen LogP) is 8.13. The number of ether oxygens (including phenoxy) is 1. The zero-order valence-electron chi connectivity index (χ0n) is 19.4. The minimum atomic E-state index is 0.170. The van der Waals surface area contributed by atoms with Gasteiger partial charge in [-0.25, -0.2) is 0 Å². The van der Waals surface area contributed by atoms with Crippen molar-refractivity contribution in [2.75, 3.05) is 0 Å². The molecular formula is C27H45ClO. The van der Waals surface area contributed by atoms with Gasteiger partial charge in [-0.1, -0.05) is 59.3 Å². The third-order valence-corrected chi connectivity index (χ3v) is 11.5. The summed E-state index contributed by atoms with van der Waals surface area (Å²) in [5.41, 5.74) is 1.20. The van der Waals surface area contributed by atoms with E-state index in [1.54, 1.807) is 0 Å². The fourth-order valence-corrected chi connectivity index (χ4v) is 9.72. The highest BCUT2D eigenvalue weighted by Gasteiger charge is 2.75. The van der Waals surface area contributed by atoms with Crippen molar-refractivity contribution >= 4 is 11.6 Å². The van der Waals surface area contributed by atoms with E-state index >= 15 is 0 Å². The van der Waals surface area contributed by atoms with Gasteiger partial charge in [0.05, 0.1) is 6.10 Å². The fourth-order valence-electron chi connectivity index (χ4n) is 9.38. The van der Waals surface area contributed by atoms with E-state index in [2.05, 4.69) is 20.8 Å². The number of unbranched alkanes of at least 4 members (excludes halogenated alkanes) is 5. The summed E-state index contributed by atoms with van der Waals surface area (Å²) in [5.74, 6) is 3.80. The van der Waals surface area contributed by atoms with Gasteiger partial charge in [-0.15, -0.1) is 11.6 Å². The number of epoxide rings is 1. The van der Waals surface area contributed by atoms with Crippen molar-refractivity contribution in [3.63, 3.8) is 0 Å². The highest BCUT2D eigenvalue weighted by Crippen LogP contribution is 2.74. The largest absolute Gasteiger partial charge is 0.365 e. The van der Waals surface area contributed by atoms with E-state index in [-0.39, 0.29) is 5.60 Å². The first-order valence-corrected chi connectivity index (χ1v) is 13.7. The van der Waals surface area contributed by atoms with Crippen molar-refractivity contribution < 1.29 is 4.74 Å². The molecule has 166 valence electrons. The lowest BCUT2D eigenvalue weighted by Gasteiger charge is -2.59. The van der Waals surface area contributed by atoms with Gasteiger partial charge in [0.1, 0.15) is 5.60 Å². The SMILES string of the molecule is CCCCCCCC[C@H]1CC[C@H]2[C@@H]3C[C@H]4O[C@]45C[C@@H](Cl)CC[C@]5(C)[C@H]3CC[C@]12C. The Bertz CT molecular complexity index is 605. The van der Waals surface area contributed by atoms with E-state index in [1.165, 1.54) is 89.9 Å². The van der Waals surface area contributed by atoms with Crippen LogP contribution in [0.5, 0.6) is 0 Å². The summed E-state index contributed by atoms with van der Waals surface area (Å²) in [6.07, 6.45) is 21.7. The quantitative estimate of drug-likeness (QED) is 0.230. The average Bonchev–Trinajstić information content (AvgIpc) is 3.28. The van der Waals surface area contributed by atoms with Crippen molar-refractivity contribution in [1.82, 2.24) is 0 Å². The van der Waals surface area contributed by atoms with E-state index in [0.29, 0.717) is 22.3 Å². The van der Waals surface area contributed by atoms with E-state index in [0.717, 1.165) is 30.1 Å². The molecule has 0 unspecified atom stereocenters. The molecule has 1 nitrogen and oxygen atoms in total. The van der Waals surface area contributed by atoms with Gasteiger partial charge in [0.25, 0.3) is 0 Å². The third-order valence-electron chi connectivity index (χ3n) is 11.1. The van der Waals surface area contributed by atoms with Gasteiger partial charge < -0.3 is 4.74 Å². The number of halogens is 1. The van der Waals surface area contributed by atoms with Gasteiger partial charge >= 0.3 is 0 Å². The molecule has 29 heavy (non-hydrogen) atoms. The first-order chi connectivity index (χ1) is 13.9. The predicted molar refractivity (Wildman–Crippen MR) is 122 cm³/mol.